The van der Waals surface area contributed by atoms with E-state index in [2.05, 4.69) is 30.5 Å². The average Bonchev–Trinajstić information content (AvgIpc) is 3.25. The summed E-state index contributed by atoms with van der Waals surface area (Å²) < 4.78 is 0. The summed E-state index contributed by atoms with van der Waals surface area (Å²) in [5.74, 6) is 0.686. The number of benzene rings is 1. The summed E-state index contributed by atoms with van der Waals surface area (Å²) in [6.45, 7) is 5.61. The van der Waals surface area contributed by atoms with E-state index in [1.54, 1.807) is 0 Å². The molecule has 30 heavy (non-hydrogen) atoms. The number of nitrogens with one attached hydrogen (secondary N) is 2. The number of urea groups is 1. The van der Waals surface area contributed by atoms with E-state index in [-0.39, 0.29) is 23.5 Å². The molecule has 1 aromatic rings. The van der Waals surface area contributed by atoms with Gasteiger partial charge in [0.1, 0.15) is 0 Å². The van der Waals surface area contributed by atoms with Crippen LogP contribution in [0.1, 0.15) is 83.2 Å². The highest BCUT2D eigenvalue weighted by atomic mass is 35.5. The summed E-state index contributed by atoms with van der Waals surface area (Å²) in [6, 6.07) is 7.69. The summed E-state index contributed by atoms with van der Waals surface area (Å²) in [5.41, 5.74) is 0.784. The standard InChI is InChI=1S/C24H36ClN3O2/c1-3-4-12-21(29)28-15-13-24(2,14-16-28)27-23(30)26-22(18-8-5-6-9-18)19-10-7-11-20(25)17-19/h7,10-11,17-18,22H,3-6,8-9,12-16H2,1-2H3,(H2,26,27,30)/t22-/m0/s1. The van der Waals surface area contributed by atoms with E-state index >= 15 is 0 Å². The van der Waals surface area contributed by atoms with Crippen molar-refractivity contribution in [3.8, 4) is 0 Å². The number of halogens is 1. The Kier molecular flexibility index (Phi) is 8.04. The lowest BCUT2D eigenvalue weighted by molar-refractivity contribution is -0.132. The number of likely N-dealkylation sites (tertiary alicyclic amines) is 1. The molecule has 1 aromatic carbocycles. The molecule has 3 rings (SSSR count). The molecule has 1 atom stereocenters. The van der Waals surface area contributed by atoms with Gasteiger partial charge in [0.05, 0.1) is 6.04 Å². The Morgan fingerprint density at radius 2 is 1.93 bits per heavy atom. The highest BCUT2D eigenvalue weighted by Crippen LogP contribution is 2.36. The van der Waals surface area contributed by atoms with Gasteiger partial charge in [-0.3, -0.25) is 4.79 Å². The van der Waals surface area contributed by atoms with Gasteiger partial charge in [-0.05, 0) is 62.6 Å². The van der Waals surface area contributed by atoms with Gasteiger partial charge in [0.15, 0.2) is 0 Å². The Bertz CT molecular complexity index is 725. The molecule has 1 heterocycles. The lowest BCUT2D eigenvalue weighted by Gasteiger charge is -2.40. The van der Waals surface area contributed by atoms with Gasteiger partial charge in [-0.15, -0.1) is 0 Å². The Morgan fingerprint density at radius 3 is 2.57 bits per heavy atom. The van der Waals surface area contributed by atoms with E-state index in [1.807, 2.05) is 23.1 Å². The SMILES string of the molecule is CCCCC(=O)N1CCC(C)(NC(=O)N[C@H](c2cccc(Cl)c2)C2CCCC2)CC1. The second kappa shape index (κ2) is 10.5. The fraction of sp³-hybridized carbons (Fsp3) is 0.667. The van der Waals surface area contributed by atoms with Crippen molar-refractivity contribution in [3.63, 3.8) is 0 Å². The van der Waals surface area contributed by atoms with E-state index in [1.165, 1.54) is 12.8 Å². The first-order valence-corrected chi connectivity index (χ1v) is 11.9. The van der Waals surface area contributed by atoms with E-state index in [9.17, 15) is 9.59 Å². The normalized spacial score (nSPS) is 20.0. The maximum absolute atomic E-state index is 13.0. The van der Waals surface area contributed by atoms with E-state index < -0.39 is 0 Å². The zero-order valence-electron chi connectivity index (χ0n) is 18.4. The number of hydrogen-bond acceptors (Lipinski definition) is 2. The first kappa shape index (κ1) is 22.9. The smallest absolute Gasteiger partial charge is 0.315 e. The highest BCUT2D eigenvalue weighted by molar-refractivity contribution is 6.30. The van der Waals surface area contributed by atoms with Crippen molar-refractivity contribution in [2.45, 2.75) is 83.2 Å². The molecule has 0 bridgehead atoms. The van der Waals surface area contributed by atoms with Gasteiger partial charge in [0.2, 0.25) is 5.91 Å². The minimum atomic E-state index is -0.291. The van der Waals surface area contributed by atoms with Crippen molar-refractivity contribution in [1.29, 1.82) is 0 Å². The van der Waals surface area contributed by atoms with Crippen molar-refractivity contribution >= 4 is 23.5 Å². The third kappa shape index (κ3) is 6.13. The number of nitrogens with zero attached hydrogens (tertiary/aromatic N) is 1. The van der Waals surface area contributed by atoms with Gasteiger partial charge in [-0.25, -0.2) is 4.79 Å². The number of carbonyl (C=O) groups is 2. The molecule has 5 nitrogen and oxygen atoms in total. The van der Waals surface area contributed by atoms with Crippen LogP contribution in [-0.2, 0) is 4.79 Å². The Morgan fingerprint density at radius 1 is 1.23 bits per heavy atom. The summed E-state index contributed by atoms with van der Waals surface area (Å²) in [7, 11) is 0. The minimum absolute atomic E-state index is 0.0227. The van der Waals surface area contributed by atoms with Crippen molar-refractivity contribution in [3.05, 3.63) is 34.9 Å². The fourth-order valence-electron chi connectivity index (χ4n) is 4.78. The molecular weight excluding hydrogens is 398 g/mol. The monoisotopic (exact) mass is 433 g/mol. The van der Waals surface area contributed by atoms with Crippen LogP contribution in [0.4, 0.5) is 4.79 Å². The highest BCUT2D eigenvalue weighted by Gasteiger charge is 2.34. The van der Waals surface area contributed by atoms with Gasteiger partial charge in [-0.1, -0.05) is 49.9 Å². The van der Waals surface area contributed by atoms with Crippen molar-refractivity contribution in [2.24, 2.45) is 5.92 Å². The van der Waals surface area contributed by atoms with Crippen LogP contribution in [0.5, 0.6) is 0 Å². The predicted octanol–water partition coefficient (Wildman–Crippen LogP) is 5.44. The molecule has 1 aliphatic heterocycles. The molecule has 0 spiro atoms. The number of amides is 3. The van der Waals surface area contributed by atoms with Crippen molar-refractivity contribution in [2.75, 3.05) is 13.1 Å². The zero-order valence-corrected chi connectivity index (χ0v) is 19.1. The van der Waals surface area contributed by atoms with Gasteiger partial charge in [0, 0.05) is 30.1 Å². The van der Waals surface area contributed by atoms with E-state index in [0.717, 1.165) is 44.1 Å². The lowest BCUT2D eigenvalue weighted by Crippen LogP contribution is -2.57. The molecule has 1 saturated carbocycles. The summed E-state index contributed by atoms with van der Waals surface area (Å²) in [4.78, 5) is 27.2. The molecule has 0 unspecified atom stereocenters. The van der Waals surface area contributed by atoms with Crippen molar-refractivity contribution in [1.82, 2.24) is 15.5 Å². The van der Waals surface area contributed by atoms with Crippen LogP contribution >= 0.6 is 11.6 Å². The van der Waals surface area contributed by atoms with Gasteiger partial charge in [-0.2, -0.15) is 0 Å². The first-order valence-electron chi connectivity index (χ1n) is 11.5. The van der Waals surface area contributed by atoms with Gasteiger partial charge in [0.25, 0.3) is 0 Å². The molecule has 0 radical (unpaired) electrons. The topological polar surface area (TPSA) is 61.4 Å². The Balaban J connectivity index is 1.58. The second-order valence-corrected chi connectivity index (χ2v) is 9.66. The van der Waals surface area contributed by atoms with Crippen LogP contribution in [0, 0.1) is 5.92 Å². The molecule has 2 aliphatic rings. The summed E-state index contributed by atoms with van der Waals surface area (Å²) in [5, 5.41) is 7.16. The number of unbranched alkanes of at least 4 members (excludes halogenated alkanes) is 1. The van der Waals surface area contributed by atoms with Crippen LogP contribution in [0.3, 0.4) is 0 Å². The zero-order chi connectivity index (χ0) is 21.6. The maximum Gasteiger partial charge on any atom is 0.315 e. The Hall–Kier alpha value is -1.75. The molecule has 1 saturated heterocycles. The van der Waals surface area contributed by atoms with Gasteiger partial charge >= 0.3 is 6.03 Å². The number of hydrogen-bond donors (Lipinski definition) is 2. The number of rotatable bonds is 7. The number of piperidine rings is 1. The molecule has 2 N–H and O–H groups in total. The van der Waals surface area contributed by atoms with E-state index in [4.69, 9.17) is 11.6 Å². The molecule has 166 valence electrons. The lowest BCUT2D eigenvalue weighted by atomic mass is 9.89. The minimum Gasteiger partial charge on any atom is -0.343 e. The third-order valence-corrected chi connectivity index (χ3v) is 6.98. The summed E-state index contributed by atoms with van der Waals surface area (Å²) in [6.07, 6.45) is 8.85. The molecule has 0 aromatic heterocycles. The third-order valence-electron chi connectivity index (χ3n) is 6.74. The van der Waals surface area contributed by atoms with Crippen LogP contribution < -0.4 is 10.6 Å². The van der Waals surface area contributed by atoms with Crippen LogP contribution in [0.15, 0.2) is 24.3 Å². The van der Waals surface area contributed by atoms with Crippen LogP contribution in [0.2, 0.25) is 5.02 Å². The van der Waals surface area contributed by atoms with Crippen molar-refractivity contribution < 1.29 is 9.59 Å². The molecule has 1 aliphatic carbocycles. The average molecular weight is 434 g/mol. The quantitative estimate of drug-likeness (QED) is 0.601. The Labute approximate surface area is 185 Å². The predicted molar refractivity (Wildman–Crippen MR) is 122 cm³/mol. The van der Waals surface area contributed by atoms with Crippen LogP contribution in [-0.4, -0.2) is 35.5 Å². The first-order chi connectivity index (χ1) is 14.4. The van der Waals surface area contributed by atoms with Crippen LogP contribution in [0.25, 0.3) is 0 Å². The maximum atomic E-state index is 13.0. The molecule has 2 fully saturated rings. The molecular formula is C24H36ClN3O2. The van der Waals surface area contributed by atoms with Gasteiger partial charge < -0.3 is 15.5 Å². The second-order valence-electron chi connectivity index (χ2n) is 9.22. The number of carbonyl (C=O) groups excluding carboxylic acids is 2. The fourth-order valence-corrected chi connectivity index (χ4v) is 4.98. The largest absolute Gasteiger partial charge is 0.343 e. The molecule has 6 heteroatoms. The summed E-state index contributed by atoms with van der Waals surface area (Å²) >= 11 is 6.22. The van der Waals surface area contributed by atoms with E-state index in [0.29, 0.717) is 30.5 Å². The molecule has 3 amide bonds.